The summed E-state index contributed by atoms with van der Waals surface area (Å²) >= 11 is 0. The van der Waals surface area contributed by atoms with Crippen LogP contribution in [0.1, 0.15) is 12.8 Å². The van der Waals surface area contributed by atoms with E-state index >= 15 is 0 Å². The van der Waals surface area contributed by atoms with Gasteiger partial charge in [0.25, 0.3) is 0 Å². The molecule has 5 heteroatoms. The molecule has 0 rings (SSSR count). The van der Waals surface area contributed by atoms with E-state index in [9.17, 15) is 9.59 Å². The van der Waals surface area contributed by atoms with Crippen molar-refractivity contribution in [3.8, 4) is 0 Å². The van der Waals surface area contributed by atoms with Gasteiger partial charge in [0.2, 0.25) is 5.91 Å². The van der Waals surface area contributed by atoms with E-state index in [1.807, 2.05) is 0 Å². The van der Waals surface area contributed by atoms with Crippen LogP contribution in [-0.4, -0.2) is 35.2 Å². The zero-order valence-corrected chi connectivity index (χ0v) is 6.04. The van der Waals surface area contributed by atoms with E-state index in [2.05, 4.69) is 5.32 Å². The van der Waals surface area contributed by atoms with E-state index in [-0.39, 0.29) is 31.9 Å². The number of aliphatic hydroxyl groups excluding tert-OH is 1. The Labute approximate surface area is 64.0 Å². The van der Waals surface area contributed by atoms with E-state index in [1.165, 1.54) is 0 Å². The summed E-state index contributed by atoms with van der Waals surface area (Å²) in [6, 6.07) is 0. The summed E-state index contributed by atoms with van der Waals surface area (Å²) in [6.45, 7) is 0.0528. The van der Waals surface area contributed by atoms with E-state index < -0.39 is 5.97 Å². The van der Waals surface area contributed by atoms with Gasteiger partial charge in [-0.1, -0.05) is 0 Å². The monoisotopic (exact) mass is 161 g/mol. The Balaban J connectivity index is 3.30. The average molecular weight is 161 g/mol. The minimum atomic E-state index is -0.996. The molecule has 0 heterocycles. The number of hydrogen-bond acceptors (Lipinski definition) is 3. The van der Waals surface area contributed by atoms with Gasteiger partial charge in [0.05, 0.1) is 13.0 Å². The first-order chi connectivity index (χ1) is 5.16. The largest absolute Gasteiger partial charge is 0.481 e. The van der Waals surface area contributed by atoms with Crippen molar-refractivity contribution in [2.75, 3.05) is 13.2 Å². The number of carbonyl (C=O) groups excluding carboxylic acids is 1. The van der Waals surface area contributed by atoms with Gasteiger partial charge in [-0.25, -0.2) is 0 Å². The summed E-state index contributed by atoms with van der Waals surface area (Å²) in [7, 11) is 0. The Morgan fingerprint density at radius 2 is 1.91 bits per heavy atom. The lowest BCUT2D eigenvalue weighted by molar-refractivity contribution is -0.138. The van der Waals surface area contributed by atoms with Crippen LogP contribution in [0, 0.1) is 0 Å². The lowest BCUT2D eigenvalue weighted by Gasteiger charge is -1.99. The first kappa shape index (κ1) is 9.90. The summed E-state index contributed by atoms with van der Waals surface area (Å²) in [5.74, 6) is -1.34. The molecule has 64 valence electrons. The number of nitrogens with one attached hydrogen (secondary N) is 1. The molecule has 0 aromatic heterocycles. The van der Waals surface area contributed by atoms with Crippen molar-refractivity contribution < 1.29 is 19.8 Å². The van der Waals surface area contributed by atoms with Gasteiger partial charge in [-0.05, 0) is 0 Å². The van der Waals surface area contributed by atoms with Crippen molar-refractivity contribution in [1.29, 1.82) is 0 Å². The molecule has 0 saturated heterocycles. The first-order valence-electron chi connectivity index (χ1n) is 3.26. The molecule has 0 aliphatic rings. The SMILES string of the molecule is O=C(O)CCC(=O)NCCO. The minimum Gasteiger partial charge on any atom is -0.481 e. The maximum Gasteiger partial charge on any atom is 0.303 e. The molecule has 0 saturated carbocycles. The molecule has 0 aromatic carbocycles. The van der Waals surface area contributed by atoms with Gasteiger partial charge in [-0.2, -0.15) is 0 Å². The molecule has 0 aliphatic carbocycles. The quantitative estimate of drug-likeness (QED) is 0.480. The van der Waals surface area contributed by atoms with Crippen molar-refractivity contribution in [3.05, 3.63) is 0 Å². The summed E-state index contributed by atoms with van der Waals surface area (Å²) in [4.78, 5) is 20.6. The van der Waals surface area contributed by atoms with Gasteiger partial charge in [0.1, 0.15) is 0 Å². The Bertz CT molecular complexity index is 146. The molecule has 0 atom stereocenters. The second kappa shape index (κ2) is 5.67. The third-order valence-electron chi connectivity index (χ3n) is 1.000. The lowest BCUT2D eigenvalue weighted by Crippen LogP contribution is -2.26. The number of carbonyl (C=O) groups is 2. The Kier molecular flexibility index (Phi) is 5.10. The normalized spacial score (nSPS) is 9.18. The molecule has 0 unspecified atom stereocenters. The Morgan fingerprint density at radius 3 is 2.36 bits per heavy atom. The number of hydrogen-bond donors (Lipinski definition) is 3. The van der Waals surface area contributed by atoms with E-state index in [4.69, 9.17) is 10.2 Å². The molecular weight excluding hydrogens is 150 g/mol. The highest BCUT2D eigenvalue weighted by Gasteiger charge is 2.03. The van der Waals surface area contributed by atoms with E-state index in [0.717, 1.165) is 0 Å². The van der Waals surface area contributed by atoms with Crippen LogP contribution in [0.25, 0.3) is 0 Å². The Hall–Kier alpha value is -1.10. The number of rotatable bonds is 5. The van der Waals surface area contributed by atoms with Gasteiger partial charge < -0.3 is 15.5 Å². The van der Waals surface area contributed by atoms with Gasteiger partial charge in [0.15, 0.2) is 0 Å². The summed E-state index contributed by atoms with van der Waals surface area (Å²) in [5.41, 5.74) is 0. The van der Waals surface area contributed by atoms with Crippen LogP contribution in [0.15, 0.2) is 0 Å². The summed E-state index contributed by atoms with van der Waals surface area (Å²) in [6.07, 6.45) is -0.202. The fourth-order valence-electron chi connectivity index (χ4n) is 0.504. The van der Waals surface area contributed by atoms with Crippen molar-refractivity contribution in [2.45, 2.75) is 12.8 Å². The predicted molar refractivity (Wildman–Crippen MR) is 37.0 cm³/mol. The van der Waals surface area contributed by atoms with Crippen molar-refractivity contribution in [2.24, 2.45) is 0 Å². The highest BCUT2D eigenvalue weighted by Crippen LogP contribution is 1.87. The maximum atomic E-state index is 10.6. The number of carboxylic acids is 1. The number of amides is 1. The molecule has 5 nitrogen and oxygen atoms in total. The molecule has 0 spiro atoms. The second-order valence-corrected chi connectivity index (χ2v) is 1.97. The Morgan fingerprint density at radius 1 is 1.27 bits per heavy atom. The van der Waals surface area contributed by atoms with Gasteiger partial charge in [0, 0.05) is 13.0 Å². The van der Waals surface area contributed by atoms with Crippen molar-refractivity contribution in [3.63, 3.8) is 0 Å². The number of aliphatic carboxylic acids is 1. The van der Waals surface area contributed by atoms with E-state index in [1.54, 1.807) is 0 Å². The molecule has 0 radical (unpaired) electrons. The number of carboxylic acid groups (broad SMARTS) is 1. The van der Waals surface area contributed by atoms with Crippen molar-refractivity contribution >= 4 is 11.9 Å². The lowest BCUT2D eigenvalue weighted by atomic mass is 10.3. The standard InChI is InChI=1S/C6H11NO4/c8-4-3-7-5(9)1-2-6(10)11/h8H,1-4H2,(H,7,9)(H,10,11). The summed E-state index contributed by atoms with van der Waals surface area (Å²) in [5, 5.41) is 18.8. The van der Waals surface area contributed by atoms with Crippen LogP contribution in [0.3, 0.4) is 0 Å². The third kappa shape index (κ3) is 6.79. The second-order valence-electron chi connectivity index (χ2n) is 1.97. The maximum absolute atomic E-state index is 10.6. The van der Waals surface area contributed by atoms with Crippen LogP contribution in [0.2, 0.25) is 0 Å². The molecule has 0 aliphatic heterocycles. The van der Waals surface area contributed by atoms with Gasteiger partial charge >= 0.3 is 5.97 Å². The average Bonchev–Trinajstić information content (AvgIpc) is 1.97. The zero-order chi connectivity index (χ0) is 8.69. The predicted octanol–water partition coefficient (Wildman–Crippen LogP) is -1.04. The third-order valence-corrected chi connectivity index (χ3v) is 1.000. The molecule has 0 aromatic rings. The fraction of sp³-hybridized carbons (Fsp3) is 0.667. The van der Waals surface area contributed by atoms with Crippen LogP contribution in [0.5, 0.6) is 0 Å². The first-order valence-corrected chi connectivity index (χ1v) is 3.26. The fourth-order valence-corrected chi connectivity index (χ4v) is 0.504. The van der Waals surface area contributed by atoms with Gasteiger partial charge in [-0.3, -0.25) is 9.59 Å². The van der Waals surface area contributed by atoms with E-state index in [0.29, 0.717) is 0 Å². The van der Waals surface area contributed by atoms with Crippen LogP contribution in [-0.2, 0) is 9.59 Å². The van der Waals surface area contributed by atoms with Crippen LogP contribution >= 0.6 is 0 Å². The minimum absolute atomic E-state index is 0.0324. The van der Waals surface area contributed by atoms with Crippen LogP contribution < -0.4 is 5.32 Å². The van der Waals surface area contributed by atoms with Crippen molar-refractivity contribution in [1.82, 2.24) is 5.32 Å². The van der Waals surface area contributed by atoms with Crippen LogP contribution in [0.4, 0.5) is 0 Å². The molecule has 1 amide bonds. The summed E-state index contributed by atoms with van der Waals surface area (Å²) < 4.78 is 0. The molecule has 11 heavy (non-hydrogen) atoms. The highest BCUT2D eigenvalue weighted by atomic mass is 16.4. The smallest absolute Gasteiger partial charge is 0.303 e. The van der Waals surface area contributed by atoms with Gasteiger partial charge in [-0.15, -0.1) is 0 Å². The molecule has 0 fully saturated rings. The highest BCUT2D eigenvalue weighted by molar-refractivity contribution is 5.80. The zero-order valence-electron chi connectivity index (χ0n) is 6.04. The topological polar surface area (TPSA) is 86.6 Å². The molecular formula is C6H11NO4. The molecule has 0 bridgehead atoms. The number of aliphatic hydroxyl groups is 1. The molecule has 3 N–H and O–H groups in total.